The summed E-state index contributed by atoms with van der Waals surface area (Å²) < 4.78 is 5.28. The average molecular weight is 256 g/mol. The summed E-state index contributed by atoms with van der Waals surface area (Å²) in [6, 6.07) is 3.76. The van der Waals surface area contributed by atoms with Gasteiger partial charge in [-0.2, -0.15) is 0 Å². The predicted molar refractivity (Wildman–Crippen MR) is 72.5 cm³/mol. The molecule has 4 nitrogen and oxygen atoms in total. The molecule has 0 aliphatic rings. The molecule has 0 bridgehead atoms. The van der Waals surface area contributed by atoms with Gasteiger partial charge in [-0.05, 0) is 37.1 Å². The lowest BCUT2D eigenvalue weighted by atomic mass is 10.00. The Morgan fingerprint density at radius 3 is 2.58 bits per heavy atom. The summed E-state index contributed by atoms with van der Waals surface area (Å²) in [5, 5.41) is 0. The Morgan fingerprint density at radius 1 is 1.21 bits per heavy atom. The molecule has 0 aliphatic heterocycles. The molecule has 0 unspecified atom stereocenters. The largest absolute Gasteiger partial charge is 0.496 e. The van der Waals surface area contributed by atoms with Crippen molar-refractivity contribution in [2.45, 2.75) is 20.3 Å². The first kappa shape index (κ1) is 13.2. The van der Waals surface area contributed by atoms with Crippen molar-refractivity contribution in [3.05, 3.63) is 53.1 Å². The number of nitrogens with zero attached hydrogens (tertiary/aromatic N) is 2. The van der Waals surface area contributed by atoms with Gasteiger partial charge in [-0.1, -0.05) is 0 Å². The third kappa shape index (κ3) is 2.96. The Balaban J connectivity index is 2.31. The highest BCUT2D eigenvalue weighted by Crippen LogP contribution is 2.24. The Hall–Kier alpha value is -2.23. The molecule has 4 heteroatoms. The van der Waals surface area contributed by atoms with Crippen molar-refractivity contribution in [3.63, 3.8) is 0 Å². The van der Waals surface area contributed by atoms with Crippen LogP contribution in [-0.2, 0) is 6.42 Å². The minimum Gasteiger partial charge on any atom is -0.496 e. The predicted octanol–water partition coefficient (Wildman–Crippen LogP) is 2.53. The monoisotopic (exact) mass is 256 g/mol. The van der Waals surface area contributed by atoms with Crippen molar-refractivity contribution in [1.29, 1.82) is 0 Å². The molecule has 0 fully saturated rings. The molecule has 0 saturated heterocycles. The molecule has 2 rings (SSSR count). The number of Topliss-reactive ketones (excluding diaryl/α,β-unsaturated/α-hetero) is 1. The molecular weight excluding hydrogens is 240 g/mol. The van der Waals surface area contributed by atoms with E-state index < -0.39 is 0 Å². The van der Waals surface area contributed by atoms with Crippen LogP contribution in [0.25, 0.3) is 0 Å². The van der Waals surface area contributed by atoms with E-state index in [4.69, 9.17) is 4.74 Å². The minimum absolute atomic E-state index is 0.0135. The normalized spacial score (nSPS) is 10.3. The topological polar surface area (TPSA) is 52.1 Å². The van der Waals surface area contributed by atoms with Gasteiger partial charge in [0.15, 0.2) is 5.78 Å². The molecule has 1 aromatic carbocycles. The summed E-state index contributed by atoms with van der Waals surface area (Å²) in [7, 11) is 1.57. The maximum atomic E-state index is 12.3. The molecule has 1 heterocycles. The van der Waals surface area contributed by atoms with Crippen molar-refractivity contribution in [2.24, 2.45) is 0 Å². The Bertz CT molecular complexity index is 595. The van der Waals surface area contributed by atoms with Crippen LogP contribution in [0.5, 0.6) is 5.75 Å². The first-order valence-electron chi connectivity index (χ1n) is 6.05. The maximum Gasteiger partial charge on any atom is 0.172 e. The van der Waals surface area contributed by atoms with Crippen LogP contribution in [0.15, 0.2) is 30.7 Å². The van der Waals surface area contributed by atoms with Crippen molar-refractivity contribution in [1.82, 2.24) is 9.97 Å². The van der Waals surface area contributed by atoms with Gasteiger partial charge in [-0.25, -0.2) is 0 Å². The quantitative estimate of drug-likeness (QED) is 0.789. The van der Waals surface area contributed by atoms with E-state index in [-0.39, 0.29) is 12.2 Å². The maximum absolute atomic E-state index is 12.3. The van der Waals surface area contributed by atoms with Crippen molar-refractivity contribution in [3.8, 4) is 5.75 Å². The summed E-state index contributed by atoms with van der Waals surface area (Å²) in [4.78, 5) is 20.4. The van der Waals surface area contributed by atoms with Crippen LogP contribution in [0.1, 0.15) is 27.2 Å². The van der Waals surface area contributed by atoms with Crippen LogP contribution < -0.4 is 4.74 Å². The van der Waals surface area contributed by atoms with E-state index in [1.54, 1.807) is 25.7 Å². The molecule has 0 spiro atoms. The summed E-state index contributed by atoms with van der Waals surface area (Å²) in [5.41, 5.74) is 3.43. The summed E-state index contributed by atoms with van der Waals surface area (Å²) in [6.45, 7) is 3.97. The van der Waals surface area contributed by atoms with E-state index in [1.807, 2.05) is 26.0 Å². The highest BCUT2D eigenvalue weighted by molar-refractivity contribution is 6.00. The highest BCUT2D eigenvalue weighted by Gasteiger charge is 2.15. The first-order valence-corrected chi connectivity index (χ1v) is 6.05. The molecule has 0 saturated carbocycles. The van der Waals surface area contributed by atoms with Crippen LogP contribution in [-0.4, -0.2) is 22.9 Å². The van der Waals surface area contributed by atoms with E-state index in [0.717, 1.165) is 11.1 Å². The second-order valence-electron chi connectivity index (χ2n) is 4.43. The van der Waals surface area contributed by atoms with Crippen LogP contribution >= 0.6 is 0 Å². The smallest absolute Gasteiger partial charge is 0.172 e. The molecule has 0 amide bonds. The molecule has 0 atom stereocenters. The van der Waals surface area contributed by atoms with Gasteiger partial charge in [0.2, 0.25) is 0 Å². The Labute approximate surface area is 112 Å². The van der Waals surface area contributed by atoms with Crippen molar-refractivity contribution in [2.75, 3.05) is 7.11 Å². The molecule has 19 heavy (non-hydrogen) atoms. The van der Waals surface area contributed by atoms with Crippen molar-refractivity contribution >= 4 is 5.78 Å². The van der Waals surface area contributed by atoms with E-state index >= 15 is 0 Å². The van der Waals surface area contributed by atoms with E-state index in [2.05, 4.69) is 9.97 Å². The second-order valence-corrected chi connectivity index (χ2v) is 4.43. The lowest BCUT2D eigenvalue weighted by molar-refractivity contribution is 0.0989. The lowest BCUT2D eigenvalue weighted by Gasteiger charge is -2.10. The van der Waals surface area contributed by atoms with Gasteiger partial charge in [-0.3, -0.25) is 14.8 Å². The molecule has 0 N–H and O–H groups in total. The molecule has 0 radical (unpaired) electrons. The summed E-state index contributed by atoms with van der Waals surface area (Å²) in [5.74, 6) is 0.595. The Morgan fingerprint density at radius 2 is 1.95 bits per heavy atom. The van der Waals surface area contributed by atoms with Crippen molar-refractivity contribution < 1.29 is 9.53 Å². The van der Waals surface area contributed by atoms with Crippen LogP contribution in [0.4, 0.5) is 0 Å². The highest BCUT2D eigenvalue weighted by atomic mass is 16.5. The van der Waals surface area contributed by atoms with Crippen LogP contribution in [0, 0.1) is 13.8 Å². The molecule has 1 aromatic heterocycles. The van der Waals surface area contributed by atoms with E-state index in [9.17, 15) is 4.79 Å². The number of hydrogen-bond acceptors (Lipinski definition) is 4. The standard InChI is InChI=1S/C15H16N2O2/c1-10-6-13(15(19-3)7-11(10)2)14(18)8-12-9-16-4-5-17-12/h4-7,9H,8H2,1-3H3. The molecular formula is C15H16N2O2. The average Bonchev–Trinajstić information content (AvgIpc) is 2.42. The number of hydrogen-bond donors (Lipinski definition) is 0. The van der Waals surface area contributed by atoms with E-state index in [0.29, 0.717) is 17.0 Å². The van der Waals surface area contributed by atoms with Crippen LogP contribution in [0.3, 0.4) is 0 Å². The zero-order valence-electron chi connectivity index (χ0n) is 11.3. The van der Waals surface area contributed by atoms with Gasteiger partial charge >= 0.3 is 0 Å². The van der Waals surface area contributed by atoms with Gasteiger partial charge < -0.3 is 4.74 Å². The van der Waals surface area contributed by atoms with E-state index in [1.165, 1.54) is 0 Å². The zero-order chi connectivity index (χ0) is 13.8. The number of carbonyl (C=O) groups excluding carboxylic acids is 1. The third-order valence-corrected chi connectivity index (χ3v) is 3.07. The van der Waals surface area contributed by atoms with Crippen LogP contribution in [0.2, 0.25) is 0 Å². The minimum atomic E-state index is -0.0135. The first-order chi connectivity index (χ1) is 9.11. The molecule has 0 aliphatic carbocycles. The number of methoxy groups -OCH3 is 1. The molecule has 2 aromatic rings. The fourth-order valence-corrected chi connectivity index (χ4v) is 1.86. The SMILES string of the molecule is COc1cc(C)c(C)cc1C(=O)Cc1cnccn1. The van der Waals surface area contributed by atoms with Gasteiger partial charge in [0, 0.05) is 18.6 Å². The fourth-order valence-electron chi connectivity index (χ4n) is 1.86. The van der Waals surface area contributed by atoms with Gasteiger partial charge in [0.25, 0.3) is 0 Å². The number of carbonyl (C=O) groups is 1. The number of ketones is 1. The zero-order valence-corrected chi connectivity index (χ0v) is 11.3. The van der Waals surface area contributed by atoms with Gasteiger partial charge in [0.05, 0.1) is 24.8 Å². The lowest BCUT2D eigenvalue weighted by Crippen LogP contribution is -2.08. The molecule has 98 valence electrons. The number of rotatable bonds is 4. The Kier molecular flexibility index (Phi) is 3.90. The number of benzene rings is 1. The fraction of sp³-hybridized carbons (Fsp3) is 0.267. The summed E-state index contributed by atoms with van der Waals surface area (Å²) in [6.07, 6.45) is 5.00. The second kappa shape index (κ2) is 5.61. The van der Waals surface area contributed by atoms with Gasteiger partial charge in [-0.15, -0.1) is 0 Å². The number of ether oxygens (including phenoxy) is 1. The van der Waals surface area contributed by atoms with Gasteiger partial charge in [0.1, 0.15) is 5.75 Å². The third-order valence-electron chi connectivity index (χ3n) is 3.07. The number of aromatic nitrogens is 2. The summed E-state index contributed by atoms with van der Waals surface area (Å²) >= 11 is 0. The number of aryl methyl sites for hydroxylation is 2.